The van der Waals surface area contributed by atoms with Crippen LogP contribution in [0, 0.1) is 0 Å². The molecule has 2 unspecified atom stereocenters. The normalized spacial score (nSPS) is 12.5. The molecule has 2 atom stereocenters. The first-order chi connectivity index (χ1) is 14.9. The zero-order valence-corrected chi connectivity index (χ0v) is 19.0. The van der Waals surface area contributed by atoms with Crippen molar-refractivity contribution in [1.82, 2.24) is 16.0 Å². The lowest BCUT2D eigenvalue weighted by molar-refractivity contribution is -0.152. The van der Waals surface area contributed by atoms with Gasteiger partial charge in [0.25, 0.3) is 0 Å². The molecule has 3 N–H and O–H groups in total. The smallest absolute Gasteiger partial charge is 0.323 e. The molecule has 180 valence electrons. The highest BCUT2D eigenvalue weighted by atomic mass is 16.5. The van der Waals surface area contributed by atoms with Gasteiger partial charge in [-0.25, -0.2) is 0 Å². The fourth-order valence-corrected chi connectivity index (χ4v) is 2.53. The number of hydrogen-bond acceptors (Lipinski definition) is 11. The van der Waals surface area contributed by atoms with E-state index in [0.29, 0.717) is 26.2 Å². The fourth-order valence-electron chi connectivity index (χ4n) is 2.53. The number of esters is 4. The van der Waals surface area contributed by atoms with Gasteiger partial charge in [-0.3, -0.25) is 19.2 Å². The summed E-state index contributed by atoms with van der Waals surface area (Å²) in [5, 5.41) is 9.08. The summed E-state index contributed by atoms with van der Waals surface area (Å²) in [5.41, 5.74) is 0. The molecule has 0 spiro atoms. The highest BCUT2D eigenvalue weighted by molar-refractivity contribution is 5.83. The van der Waals surface area contributed by atoms with Crippen molar-refractivity contribution in [3.8, 4) is 0 Å². The third-order valence-electron chi connectivity index (χ3n) is 3.88. The molecule has 0 aromatic heterocycles. The van der Waals surface area contributed by atoms with Crippen LogP contribution in [0.2, 0.25) is 0 Å². The van der Waals surface area contributed by atoms with E-state index in [1.54, 1.807) is 27.7 Å². The lowest BCUT2D eigenvalue weighted by Crippen LogP contribution is -2.45. The Labute approximate surface area is 183 Å². The molecule has 0 saturated heterocycles. The van der Waals surface area contributed by atoms with Gasteiger partial charge in [-0.15, -0.1) is 0 Å². The van der Waals surface area contributed by atoms with Crippen molar-refractivity contribution in [3.63, 3.8) is 0 Å². The van der Waals surface area contributed by atoms with Crippen molar-refractivity contribution in [2.45, 2.75) is 52.6 Å². The van der Waals surface area contributed by atoms with E-state index >= 15 is 0 Å². The van der Waals surface area contributed by atoms with Gasteiger partial charge in [0.1, 0.15) is 12.1 Å². The number of nitrogens with one attached hydrogen (secondary N) is 3. The summed E-state index contributed by atoms with van der Waals surface area (Å²) >= 11 is 0. The predicted molar refractivity (Wildman–Crippen MR) is 112 cm³/mol. The zero-order chi connectivity index (χ0) is 23.5. The molecule has 0 aromatic rings. The molecule has 0 heterocycles. The molecule has 0 bridgehead atoms. The summed E-state index contributed by atoms with van der Waals surface area (Å²) in [7, 11) is 0. The van der Waals surface area contributed by atoms with Gasteiger partial charge < -0.3 is 34.9 Å². The Kier molecular flexibility index (Phi) is 17.2. The number of carbonyl (C=O) groups is 4. The van der Waals surface area contributed by atoms with E-state index in [1.807, 2.05) is 0 Å². The van der Waals surface area contributed by atoms with Gasteiger partial charge in [0, 0.05) is 26.2 Å². The van der Waals surface area contributed by atoms with Crippen LogP contribution in [0.25, 0.3) is 0 Å². The Morgan fingerprint density at radius 1 is 0.581 bits per heavy atom. The van der Waals surface area contributed by atoms with Crippen LogP contribution in [0.5, 0.6) is 0 Å². The van der Waals surface area contributed by atoms with Gasteiger partial charge in [-0.2, -0.15) is 0 Å². The molecule has 0 rings (SSSR count). The van der Waals surface area contributed by atoms with Crippen LogP contribution >= 0.6 is 0 Å². The second-order valence-corrected chi connectivity index (χ2v) is 6.29. The van der Waals surface area contributed by atoms with E-state index in [1.165, 1.54) is 0 Å². The van der Waals surface area contributed by atoms with Crippen LogP contribution in [0.1, 0.15) is 40.5 Å². The highest BCUT2D eigenvalue weighted by Gasteiger charge is 2.24. The first-order valence-corrected chi connectivity index (χ1v) is 10.7. The van der Waals surface area contributed by atoms with Gasteiger partial charge in [0.15, 0.2) is 0 Å². The summed E-state index contributed by atoms with van der Waals surface area (Å²) in [5.74, 6) is -1.96. The second kappa shape index (κ2) is 18.5. The Morgan fingerprint density at radius 3 is 1.26 bits per heavy atom. The second-order valence-electron chi connectivity index (χ2n) is 6.29. The van der Waals surface area contributed by atoms with Gasteiger partial charge >= 0.3 is 23.9 Å². The molecule has 0 saturated carbocycles. The molecule has 0 radical (unpaired) electrons. The van der Waals surface area contributed by atoms with E-state index < -0.39 is 36.0 Å². The maximum Gasteiger partial charge on any atom is 0.323 e. The van der Waals surface area contributed by atoms with Crippen LogP contribution in [0.4, 0.5) is 0 Å². The van der Waals surface area contributed by atoms with Gasteiger partial charge in [-0.05, 0) is 27.7 Å². The van der Waals surface area contributed by atoms with Crippen molar-refractivity contribution >= 4 is 23.9 Å². The van der Waals surface area contributed by atoms with E-state index in [9.17, 15) is 19.2 Å². The Hall–Kier alpha value is -2.24. The van der Waals surface area contributed by atoms with Crippen molar-refractivity contribution in [2.24, 2.45) is 0 Å². The molecular formula is C20H37N3O8. The molecule has 0 fully saturated rings. The van der Waals surface area contributed by atoms with Crippen molar-refractivity contribution < 1.29 is 38.1 Å². The molecule has 11 nitrogen and oxygen atoms in total. The topological polar surface area (TPSA) is 141 Å². The fraction of sp³-hybridized carbons (Fsp3) is 0.800. The van der Waals surface area contributed by atoms with Crippen molar-refractivity contribution in [1.29, 1.82) is 0 Å². The molecule has 0 aliphatic carbocycles. The standard InChI is InChI=1S/C20H37N3O8/c1-5-28-17(24)13-15(19(26)30-7-3)22-11-9-21-10-12-23-16(20(27)31-8-4)14-18(25)29-6-2/h15-16,21-23H,5-14H2,1-4H3. The number of hydrogen-bond donors (Lipinski definition) is 3. The van der Waals surface area contributed by atoms with E-state index in [-0.39, 0.29) is 39.3 Å². The molecule has 11 heteroatoms. The number of ether oxygens (including phenoxy) is 4. The summed E-state index contributed by atoms with van der Waals surface area (Å²) in [6.07, 6.45) is -0.216. The lowest BCUT2D eigenvalue weighted by atomic mass is 10.2. The predicted octanol–water partition coefficient (Wildman–Crippen LogP) is -0.475. The van der Waals surface area contributed by atoms with Crippen molar-refractivity contribution in [3.05, 3.63) is 0 Å². The average molecular weight is 448 g/mol. The average Bonchev–Trinajstić information content (AvgIpc) is 2.72. The van der Waals surface area contributed by atoms with E-state index in [4.69, 9.17) is 18.9 Å². The van der Waals surface area contributed by atoms with Crippen LogP contribution < -0.4 is 16.0 Å². The van der Waals surface area contributed by atoms with Gasteiger partial charge in [0.05, 0.1) is 39.3 Å². The van der Waals surface area contributed by atoms with Crippen LogP contribution in [0.3, 0.4) is 0 Å². The third kappa shape index (κ3) is 14.4. The number of rotatable bonds is 18. The molecule has 0 amide bonds. The minimum Gasteiger partial charge on any atom is -0.466 e. The minimum atomic E-state index is -0.781. The highest BCUT2D eigenvalue weighted by Crippen LogP contribution is 2.00. The third-order valence-corrected chi connectivity index (χ3v) is 3.88. The molecule has 0 aromatic carbocycles. The summed E-state index contributed by atoms with van der Waals surface area (Å²) < 4.78 is 19.7. The number of carbonyl (C=O) groups excluding carboxylic acids is 4. The lowest BCUT2D eigenvalue weighted by Gasteiger charge is -2.18. The zero-order valence-electron chi connectivity index (χ0n) is 19.0. The monoisotopic (exact) mass is 447 g/mol. The largest absolute Gasteiger partial charge is 0.466 e. The molecule has 31 heavy (non-hydrogen) atoms. The summed E-state index contributed by atoms with van der Waals surface area (Å²) in [6.45, 7) is 9.53. The quantitative estimate of drug-likeness (QED) is 0.143. The summed E-state index contributed by atoms with van der Waals surface area (Å²) in [6, 6.07) is -1.56. The molecular weight excluding hydrogens is 410 g/mol. The van der Waals surface area contributed by atoms with Crippen LogP contribution in [0.15, 0.2) is 0 Å². The maximum absolute atomic E-state index is 12.0. The van der Waals surface area contributed by atoms with Gasteiger partial charge in [0.2, 0.25) is 0 Å². The van der Waals surface area contributed by atoms with Gasteiger partial charge in [-0.1, -0.05) is 0 Å². The molecule has 0 aliphatic rings. The molecule has 0 aliphatic heterocycles. The Bertz CT molecular complexity index is 499. The summed E-state index contributed by atoms with van der Waals surface area (Å²) in [4.78, 5) is 47.3. The Morgan fingerprint density at radius 2 is 0.935 bits per heavy atom. The van der Waals surface area contributed by atoms with Crippen LogP contribution in [-0.2, 0) is 38.1 Å². The maximum atomic E-state index is 12.0. The van der Waals surface area contributed by atoms with E-state index in [2.05, 4.69) is 16.0 Å². The van der Waals surface area contributed by atoms with E-state index in [0.717, 1.165) is 0 Å². The van der Waals surface area contributed by atoms with Crippen molar-refractivity contribution in [2.75, 3.05) is 52.6 Å². The first kappa shape index (κ1) is 28.8. The SMILES string of the molecule is CCOC(=O)CC(NCCNCCNC(CC(=O)OCC)C(=O)OCC)C(=O)OCC. The Balaban J connectivity index is 4.30. The minimum absolute atomic E-state index is 0.108. The van der Waals surface area contributed by atoms with Crippen LogP contribution in [-0.4, -0.2) is 88.6 Å². The first-order valence-electron chi connectivity index (χ1n) is 10.7.